The molecule has 0 aromatic heterocycles. The first-order valence-corrected chi connectivity index (χ1v) is 11.8. The van der Waals surface area contributed by atoms with Gasteiger partial charge in [-0.15, -0.1) is 0 Å². The minimum Gasteiger partial charge on any atom is -0.311 e. The molecule has 27 heavy (non-hydrogen) atoms. The molecule has 3 fully saturated rings. The van der Waals surface area contributed by atoms with Crippen molar-refractivity contribution in [2.45, 2.75) is 50.1 Å². The molecule has 0 spiro atoms. The zero-order chi connectivity index (χ0) is 19.2. The molecule has 2 saturated heterocycles. The van der Waals surface area contributed by atoms with E-state index < -0.39 is 16.1 Å². The van der Waals surface area contributed by atoms with Gasteiger partial charge in [-0.2, -0.15) is 4.31 Å². The van der Waals surface area contributed by atoms with Crippen molar-refractivity contribution in [2.24, 2.45) is 0 Å². The zero-order valence-electron chi connectivity index (χ0n) is 16.2. The van der Waals surface area contributed by atoms with Crippen molar-refractivity contribution in [1.82, 2.24) is 9.21 Å². The maximum Gasteiger partial charge on any atom is 0.245 e. The summed E-state index contributed by atoms with van der Waals surface area (Å²) in [5, 5.41) is 0. The lowest BCUT2D eigenvalue weighted by Crippen LogP contribution is -2.52. The average Bonchev–Trinajstić information content (AvgIpc) is 3.27. The number of amides is 1. The van der Waals surface area contributed by atoms with Gasteiger partial charge in [0, 0.05) is 24.8 Å². The van der Waals surface area contributed by atoms with Gasteiger partial charge in [-0.05, 0) is 69.3 Å². The van der Waals surface area contributed by atoms with Gasteiger partial charge in [-0.1, -0.05) is 12.1 Å². The van der Waals surface area contributed by atoms with E-state index in [4.69, 9.17) is 0 Å². The quantitative estimate of drug-likeness (QED) is 0.772. The number of carbonyl (C=O) groups is 1. The molecular weight excluding hydrogens is 362 g/mol. The lowest BCUT2D eigenvalue weighted by Gasteiger charge is -2.36. The second-order valence-electron chi connectivity index (χ2n) is 8.20. The fourth-order valence-corrected chi connectivity index (χ4v) is 5.34. The summed E-state index contributed by atoms with van der Waals surface area (Å²) < 4.78 is 24.9. The molecule has 148 valence electrons. The fraction of sp³-hybridized carbons (Fsp3) is 0.650. The first kappa shape index (κ1) is 18.9. The van der Waals surface area contributed by atoms with Crippen LogP contribution in [0.4, 0.5) is 5.69 Å². The van der Waals surface area contributed by atoms with E-state index in [-0.39, 0.29) is 11.4 Å². The highest BCUT2D eigenvalue weighted by Crippen LogP contribution is 2.52. The second kappa shape index (κ2) is 6.87. The van der Waals surface area contributed by atoms with Crippen LogP contribution in [0.5, 0.6) is 0 Å². The highest BCUT2D eigenvalue weighted by Gasteiger charge is 2.49. The number of likely N-dealkylation sites (tertiary alicyclic amines) is 1. The molecule has 3 aliphatic rings. The number of carbonyl (C=O) groups excluding carboxylic acids is 1. The van der Waals surface area contributed by atoms with E-state index in [1.807, 2.05) is 12.1 Å². The Labute approximate surface area is 162 Å². The monoisotopic (exact) mass is 391 g/mol. The Morgan fingerprint density at radius 1 is 1.04 bits per heavy atom. The molecule has 1 aromatic rings. The third-order valence-electron chi connectivity index (χ3n) is 6.52. The van der Waals surface area contributed by atoms with Gasteiger partial charge in [0.15, 0.2) is 0 Å². The molecule has 2 heterocycles. The number of hydrogen-bond acceptors (Lipinski definition) is 4. The normalized spacial score (nSPS) is 26.0. The smallest absolute Gasteiger partial charge is 0.245 e. The second-order valence-corrected chi connectivity index (χ2v) is 10.2. The number of benzene rings is 1. The van der Waals surface area contributed by atoms with E-state index in [0.29, 0.717) is 13.0 Å². The molecule has 1 aromatic carbocycles. The van der Waals surface area contributed by atoms with E-state index >= 15 is 0 Å². The van der Waals surface area contributed by atoms with Crippen molar-refractivity contribution >= 4 is 21.6 Å². The molecule has 0 radical (unpaired) electrons. The summed E-state index contributed by atoms with van der Waals surface area (Å²) in [7, 11) is -1.89. The van der Waals surface area contributed by atoms with Crippen LogP contribution in [0, 0.1) is 0 Å². The summed E-state index contributed by atoms with van der Waals surface area (Å²) in [4.78, 5) is 17.3. The van der Waals surface area contributed by atoms with Crippen molar-refractivity contribution in [3.8, 4) is 0 Å². The topological polar surface area (TPSA) is 60.9 Å². The summed E-state index contributed by atoms with van der Waals surface area (Å²) in [6.07, 6.45) is 7.55. The van der Waals surface area contributed by atoms with Gasteiger partial charge in [0.25, 0.3) is 0 Å². The average molecular weight is 392 g/mol. The van der Waals surface area contributed by atoms with E-state index in [2.05, 4.69) is 17.0 Å². The van der Waals surface area contributed by atoms with Gasteiger partial charge in [-0.25, -0.2) is 8.42 Å². The minimum absolute atomic E-state index is 0.123. The van der Waals surface area contributed by atoms with Gasteiger partial charge in [0.1, 0.15) is 6.04 Å². The number of piperidine rings is 1. The van der Waals surface area contributed by atoms with Crippen LogP contribution < -0.4 is 4.90 Å². The minimum atomic E-state index is -3.39. The summed E-state index contributed by atoms with van der Waals surface area (Å²) in [5.41, 5.74) is 2.44. The Morgan fingerprint density at radius 2 is 1.67 bits per heavy atom. The van der Waals surface area contributed by atoms with E-state index in [1.54, 1.807) is 4.90 Å². The molecule has 0 N–H and O–H groups in total. The molecule has 1 unspecified atom stereocenters. The molecule has 1 saturated carbocycles. The Balaban J connectivity index is 1.53. The predicted octanol–water partition coefficient (Wildman–Crippen LogP) is 2.16. The number of nitrogens with zero attached hydrogens (tertiary/aromatic N) is 3. The maximum absolute atomic E-state index is 12.9. The van der Waals surface area contributed by atoms with Crippen molar-refractivity contribution in [2.75, 3.05) is 37.8 Å². The summed E-state index contributed by atoms with van der Waals surface area (Å²) in [6.45, 7) is 3.02. The Kier molecular flexibility index (Phi) is 4.81. The van der Waals surface area contributed by atoms with Crippen molar-refractivity contribution in [1.29, 1.82) is 0 Å². The van der Waals surface area contributed by atoms with Gasteiger partial charge in [0.2, 0.25) is 15.9 Å². The fourth-order valence-electron chi connectivity index (χ4n) is 4.68. The van der Waals surface area contributed by atoms with Gasteiger partial charge in [-0.3, -0.25) is 9.69 Å². The van der Waals surface area contributed by atoms with E-state index in [1.165, 1.54) is 55.7 Å². The Morgan fingerprint density at radius 3 is 2.22 bits per heavy atom. The van der Waals surface area contributed by atoms with Crippen LogP contribution in [0.25, 0.3) is 0 Å². The molecule has 1 amide bonds. The van der Waals surface area contributed by atoms with Crippen LogP contribution in [-0.2, 0) is 20.4 Å². The van der Waals surface area contributed by atoms with Crippen molar-refractivity contribution < 1.29 is 13.2 Å². The molecule has 1 atom stereocenters. The molecule has 7 heteroatoms. The first-order chi connectivity index (χ1) is 12.8. The molecule has 4 rings (SSSR count). The summed E-state index contributed by atoms with van der Waals surface area (Å²) in [6, 6.07) is 7.79. The standard InChI is InChI=1S/C20H29N3O3S/c1-21(27(2,25)26)18-6-5-15-23(19(18)24)17-9-7-16(8-10-17)20(11-12-20)22-13-3-4-14-22/h7-10,18H,3-6,11-15H2,1-2H3. The summed E-state index contributed by atoms with van der Waals surface area (Å²) in [5.74, 6) is -0.123. The molecule has 6 nitrogen and oxygen atoms in total. The van der Waals surface area contributed by atoms with Crippen LogP contribution in [0.2, 0.25) is 0 Å². The number of hydrogen-bond donors (Lipinski definition) is 0. The summed E-state index contributed by atoms with van der Waals surface area (Å²) >= 11 is 0. The molecule has 2 aliphatic heterocycles. The zero-order valence-corrected chi connectivity index (χ0v) is 17.0. The van der Waals surface area contributed by atoms with Gasteiger partial charge >= 0.3 is 0 Å². The van der Waals surface area contributed by atoms with E-state index in [0.717, 1.165) is 18.4 Å². The number of anilines is 1. The molecule has 1 aliphatic carbocycles. The maximum atomic E-state index is 12.9. The van der Waals surface area contributed by atoms with Crippen LogP contribution in [0.3, 0.4) is 0 Å². The van der Waals surface area contributed by atoms with E-state index in [9.17, 15) is 13.2 Å². The highest BCUT2D eigenvalue weighted by atomic mass is 32.2. The lowest BCUT2D eigenvalue weighted by atomic mass is 10.0. The highest BCUT2D eigenvalue weighted by molar-refractivity contribution is 7.88. The number of sulfonamides is 1. The van der Waals surface area contributed by atoms with Crippen LogP contribution in [0.15, 0.2) is 24.3 Å². The van der Waals surface area contributed by atoms with Crippen molar-refractivity contribution in [3.63, 3.8) is 0 Å². The van der Waals surface area contributed by atoms with Gasteiger partial charge in [0.05, 0.1) is 6.26 Å². The number of rotatable bonds is 5. The first-order valence-electron chi connectivity index (χ1n) is 9.93. The third kappa shape index (κ3) is 3.41. The number of likely N-dealkylation sites (N-methyl/N-ethyl adjacent to an activating group) is 1. The van der Waals surface area contributed by atoms with Crippen LogP contribution >= 0.6 is 0 Å². The Bertz CT molecular complexity index is 811. The molecule has 0 bridgehead atoms. The largest absolute Gasteiger partial charge is 0.311 e. The van der Waals surface area contributed by atoms with Crippen molar-refractivity contribution in [3.05, 3.63) is 29.8 Å². The van der Waals surface area contributed by atoms with Crippen LogP contribution in [-0.4, -0.2) is 62.5 Å². The SMILES string of the molecule is CN(C1CCCN(c2ccc(C3(N4CCCC4)CC3)cc2)C1=O)S(C)(=O)=O. The predicted molar refractivity (Wildman–Crippen MR) is 106 cm³/mol. The van der Waals surface area contributed by atoms with Gasteiger partial charge < -0.3 is 4.90 Å². The lowest BCUT2D eigenvalue weighted by molar-refractivity contribution is -0.123. The Hall–Kier alpha value is -1.44. The van der Waals surface area contributed by atoms with Crippen LogP contribution in [0.1, 0.15) is 44.1 Å². The third-order valence-corrected chi connectivity index (χ3v) is 7.82. The molecular formula is C20H29N3O3S.